The second-order valence-electron chi connectivity index (χ2n) is 0. The quantitative estimate of drug-likeness (QED) is 0.214. The molecule has 0 aliphatic heterocycles. The molecule has 0 saturated heterocycles. The molecule has 0 aromatic carbocycles. The van der Waals surface area contributed by atoms with Crippen molar-refractivity contribution >= 4 is 256 Å². The van der Waals surface area contributed by atoms with Crippen LogP contribution in [-0.2, 0) is 0 Å². The van der Waals surface area contributed by atoms with Gasteiger partial charge in [0.25, 0.3) is 0 Å². The molecular formula is As7Ge3In3. The average Bonchev–Trinajstić information content (AvgIpc) is 0. The Labute approximate surface area is 249 Å². The third-order valence-corrected chi connectivity index (χ3v) is 0. The fraction of sp³-hybridized carbons (Fsp3) is 0. The maximum atomic E-state index is 0. The molecule has 0 bridgehead atoms. The van der Waals surface area contributed by atoms with Gasteiger partial charge >= 0.3 is 130 Å². The van der Waals surface area contributed by atoms with Crippen molar-refractivity contribution in [3.8, 4) is 0 Å². The topological polar surface area (TPSA) is 0 Å². The van der Waals surface area contributed by atoms with E-state index >= 15 is 0 Å². The average molecular weight is 1090 g/mol. The standard InChI is InChI=1S/7As.3Ge.3In/q7*-3;3*+4;3*+3. The van der Waals surface area contributed by atoms with E-state index in [2.05, 4.69) is 0 Å². The zero-order valence-electron chi connectivity index (χ0n) is 6.36. The van der Waals surface area contributed by atoms with Crippen LogP contribution in [0.1, 0.15) is 0 Å². The Hall–Kier alpha value is 8.15. The Morgan fingerprint density at radius 1 is 0.231 bits per heavy atom. The van der Waals surface area contributed by atoms with Crippen LogP contribution in [0.5, 0.6) is 0 Å². The van der Waals surface area contributed by atoms with Gasteiger partial charge < -0.3 is 126 Å². The van der Waals surface area contributed by atoms with Crippen LogP contribution in [0.2, 0.25) is 0 Å². The summed E-state index contributed by atoms with van der Waals surface area (Å²) >= 11 is 0. The number of hydrogen-bond acceptors (Lipinski definition) is 0. The van der Waals surface area contributed by atoms with Crippen molar-refractivity contribution in [2.75, 3.05) is 0 Å². The fourth-order valence-electron chi connectivity index (χ4n) is 0. The van der Waals surface area contributed by atoms with Gasteiger partial charge in [0.1, 0.15) is 0 Å². The minimum atomic E-state index is 0. The molecule has 0 aliphatic rings. The van der Waals surface area contributed by atoms with E-state index in [1.165, 1.54) is 0 Å². The maximum Gasteiger partial charge on any atom is 4.00 e. The van der Waals surface area contributed by atoms with Crippen molar-refractivity contribution in [1.29, 1.82) is 0 Å². The zero-order chi connectivity index (χ0) is 0. The molecule has 0 amide bonds. The summed E-state index contributed by atoms with van der Waals surface area (Å²) in [5, 5.41) is 0. The van der Waals surface area contributed by atoms with Crippen molar-refractivity contribution in [2.24, 2.45) is 0 Å². The number of hydrogen-bond donors (Lipinski definition) is 0. The minimum absolute atomic E-state index is 0. The normalized spacial score (nSPS) is 0. The molecule has 0 N–H and O–H groups in total. The van der Waals surface area contributed by atoms with Crippen LogP contribution in [0.4, 0.5) is 0 Å². The molecule has 0 spiro atoms. The van der Waals surface area contributed by atoms with E-state index in [1.807, 2.05) is 0 Å². The molecule has 0 fully saturated rings. The van der Waals surface area contributed by atoms with Gasteiger partial charge in [0, 0.05) is 0 Å². The number of rotatable bonds is 0. The van der Waals surface area contributed by atoms with Crippen molar-refractivity contribution in [3.63, 3.8) is 0 Å². The Kier molecular flexibility index (Phi) is 1110. The van der Waals surface area contributed by atoms with Crippen molar-refractivity contribution in [1.82, 2.24) is 0 Å². The first-order chi connectivity index (χ1) is 0. The molecular weight excluding hydrogens is 1090 g/mol. The third-order valence-electron chi connectivity index (χ3n) is 0. The summed E-state index contributed by atoms with van der Waals surface area (Å²) in [4.78, 5) is 0. The molecule has 0 unspecified atom stereocenters. The SMILES string of the molecule is [As-3].[As-3].[As-3].[As-3].[As-3].[As-3].[As-3].[Ge+4].[Ge+4].[Ge+4].[In+3].[In+3].[In+3]. The van der Waals surface area contributed by atoms with E-state index in [-0.39, 0.29) is 256 Å². The monoisotopic (exact) mass is 1090 g/mol. The summed E-state index contributed by atoms with van der Waals surface area (Å²) in [6.07, 6.45) is 0. The summed E-state index contributed by atoms with van der Waals surface area (Å²) in [5.74, 6) is 0. The van der Waals surface area contributed by atoms with Crippen LogP contribution >= 0.6 is 0 Å². The Morgan fingerprint density at radius 3 is 0.231 bits per heavy atom. The predicted molar refractivity (Wildman–Crippen MR) is 74.8 cm³/mol. The molecule has 0 aliphatic carbocycles. The summed E-state index contributed by atoms with van der Waals surface area (Å²) in [7, 11) is 0. The fourth-order valence-corrected chi connectivity index (χ4v) is 0. The van der Waals surface area contributed by atoms with E-state index in [1.54, 1.807) is 0 Å². The Bertz CT molecular complexity index is 18.9. The molecule has 13 heteroatoms. The molecule has 0 radical (unpaired) electrons. The molecule has 0 heterocycles. The third kappa shape index (κ3) is 100.0. The van der Waals surface area contributed by atoms with Crippen molar-refractivity contribution in [3.05, 3.63) is 0 Å². The zero-order valence-corrected chi connectivity index (χ0v) is 35.7. The van der Waals surface area contributed by atoms with Gasteiger partial charge in [-0.25, -0.2) is 0 Å². The largest absolute Gasteiger partial charge is 4.00 e. The molecule has 0 aromatic rings. The Balaban J connectivity index is 0. The van der Waals surface area contributed by atoms with E-state index in [9.17, 15) is 0 Å². The van der Waals surface area contributed by atoms with E-state index in [0.717, 1.165) is 0 Å². The summed E-state index contributed by atoms with van der Waals surface area (Å²) in [6.45, 7) is 0. The molecule has 0 atom stereocenters. The first kappa shape index (κ1) is 129. The summed E-state index contributed by atoms with van der Waals surface area (Å²) in [5.41, 5.74) is 0. The van der Waals surface area contributed by atoms with Gasteiger partial charge in [0.2, 0.25) is 0 Å². The van der Waals surface area contributed by atoms with Crippen molar-refractivity contribution in [2.45, 2.75) is 0 Å². The van der Waals surface area contributed by atoms with Crippen LogP contribution in [0.3, 0.4) is 0 Å². The van der Waals surface area contributed by atoms with Gasteiger partial charge in [-0.2, -0.15) is 0 Å². The van der Waals surface area contributed by atoms with E-state index in [0.29, 0.717) is 0 Å². The van der Waals surface area contributed by atoms with Crippen LogP contribution in [-0.4, -0.2) is 256 Å². The first-order valence-corrected chi connectivity index (χ1v) is 0. The molecule has 13 heavy (non-hydrogen) atoms. The van der Waals surface area contributed by atoms with Gasteiger partial charge in [-0.15, -0.1) is 0 Å². The second-order valence-corrected chi connectivity index (χ2v) is 0. The minimum Gasteiger partial charge on any atom is -3.00 e. The summed E-state index contributed by atoms with van der Waals surface area (Å²) < 4.78 is 0. The first-order valence-electron chi connectivity index (χ1n) is 0. The van der Waals surface area contributed by atoms with Gasteiger partial charge in [0.15, 0.2) is 0 Å². The van der Waals surface area contributed by atoms with E-state index in [4.69, 9.17) is 0 Å². The van der Waals surface area contributed by atoms with Gasteiger partial charge in [0.05, 0.1) is 0 Å². The maximum absolute atomic E-state index is 0. The predicted octanol–water partition coefficient (Wildman–Crippen LogP) is -4.95. The van der Waals surface area contributed by atoms with Gasteiger partial charge in [-0.05, 0) is 0 Å². The van der Waals surface area contributed by atoms with Crippen LogP contribution in [0, 0.1) is 0 Å². The van der Waals surface area contributed by atoms with Crippen LogP contribution < -0.4 is 0 Å². The van der Waals surface area contributed by atoms with Gasteiger partial charge in [-0.1, -0.05) is 0 Å². The Morgan fingerprint density at radius 2 is 0.231 bits per heavy atom. The molecule has 0 rings (SSSR count). The molecule has 56 valence electrons. The van der Waals surface area contributed by atoms with E-state index < -0.39 is 0 Å². The molecule has 0 aromatic heterocycles. The smallest absolute Gasteiger partial charge is 3.00 e. The molecule has 0 nitrogen and oxygen atoms in total. The second kappa shape index (κ2) is 111. The van der Waals surface area contributed by atoms with Gasteiger partial charge in [-0.3, -0.25) is 0 Å². The van der Waals surface area contributed by atoms with Crippen molar-refractivity contribution < 1.29 is 0 Å². The summed E-state index contributed by atoms with van der Waals surface area (Å²) in [6, 6.07) is 0. The van der Waals surface area contributed by atoms with Crippen LogP contribution in [0.15, 0.2) is 0 Å². The molecule has 0 saturated carbocycles. The van der Waals surface area contributed by atoms with Crippen LogP contribution in [0.25, 0.3) is 0 Å².